The summed E-state index contributed by atoms with van der Waals surface area (Å²) in [6.45, 7) is 19.8. The van der Waals surface area contributed by atoms with E-state index in [4.69, 9.17) is 4.74 Å². The predicted octanol–water partition coefficient (Wildman–Crippen LogP) is 3.05. The lowest BCUT2D eigenvalue weighted by molar-refractivity contribution is 0.00572. The molecule has 0 saturated carbocycles. The number of rotatable bonds is 3. The van der Waals surface area contributed by atoms with Gasteiger partial charge in [-0.1, -0.05) is 6.92 Å². The number of amides is 1. The van der Waals surface area contributed by atoms with Crippen LogP contribution in [0.4, 0.5) is 4.79 Å². The Bertz CT molecular complexity index is 415. The molecule has 0 radical (unpaired) electrons. The second-order valence-electron chi connectivity index (χ2n) is 9.18. The Labute approximate surface area is 148 Å². The lowest BCUT2D eigenvalue weighted by Gasteiger charge is -2.45. The van der Waals surface area contributed by atoms with Crippen LogP contribution >= 0.6 is 0 Å². The number of hydrogen-bond acceptors (Lipinski definition) is 4. The molecule has 0 unspecified atom stereocenters. The normalized spacial score (nSPS) is 23.5. The van der Waals surface area contributed by atoms with Crippen LogP contribution in [0.15, 0.2) is 0 Å². The van der Waals surface area contributed by atoms with E-state index >= 15 is 0 Å². The van der Waals surface area contributed by atoms with Crippen molar-refractivity contribution < 1.29 is 9.53 Å². The molecule has 2 heterocycles. The first-order valence-corrected chi connectivity index (χ1v) is 9.52. The maximum absolute atomic E-state index is 12.2. The summed E-state index contributed by atoms with van der Waals surface area (Å²) >= 11 is 0. The van der Waals surface area contributed by atoms with Crippen molar-refractivity contribution >= 4 is 6.09 Å². The first-order chi connectivity index (χ1) is 11.1. The van der Waals surface area contributed by atoms with Crippen LogP contribution in [-0.2, 0) is 4.74 Å². The van der Waals surface area contributed by atoms with Crippen LogP contribution in [0.3, 0.4) is 0 Å². The van der Waals surface area contributed by atoms with Gasteiger partial charge < -0.3 is 14.5 Å². The molecule has 24 heavy (non-hydrogen) atoms. The molecule has 0 N–H and O–H groups in total. The molecule has 2 aliphatic heterocycles. The van der Waals surface area contributed by atoms with Crippen molar-refractivity contribution in [3.63, 3.8) is 0 Å². The van der Waals surface area contributed by atoms with E-state index in [0.717, 1.165) is 32.7 Å². The zero-order valence-electron chi connectivity index (χ0n) is 16.6. The first-order valence-electron chi connectivity index (χ1n) is 9.52. The molecule has 5 nitrogen and oxygen atoms in total. The number of hydrogen-bond donors (Lipinski definition) is 0. The van der Waals surface area contributed by atoms with Crippen molar-refractivity contribution in [1.29, 1.82) is 0 Å². The molecule has 2 saturated heterocycles. The third kappa shape index (κ3) is 5.62. The maximum atomic E-state index is 12.2. The van der Waals surface area contributed by atoms with Crippen molar-refractivity contribution in [2.45, 2.75) is 66.0 Å². The van der Waals surface area contributed by atoms with Crippen molar-refractivity contribution in [2.24, 2.45) is 5.41 Å². The Morgan fingerprint density at radius 1 is 1.04 bits per heavy atom. The van der Waals surface area contributed by atoms with Gasteiger partial charge in [0.15, 0.2) is 0 Å². The maximum Gasteiger partial charge on any atom is 0.410 e. The van der Waals surface area contributed by atoms with Crippen LogP contribution in [-0.4, -0.2) is 78.2 Å². The number of ether oxygens (including phenoxy) is 1. The van der Waals surface area contributed by atoms with Crippen LogP contribution in [0.5, 0.6) is 0 Å². The standard InChI is InChI=1S/C19H37N3O2/c1-16(2)21-9-7-19(6,8-10-21)15-20-11-13-22(14-12-20)17(23)24-18(3,4)5/h16H,7-15H2,1-6H3. The topological polar surface area (TPSA) is 36.0 Å². The number of piperidine rings is 1. The Morgan fingerprint density at radius 2 is 1.58 bits per heavy atom. The van der Waals surface area contributed by atoms with Gasteiger partial charge in [-0.05, 0) is 66.0 Å². The van der Waals surface area contributed by atoms with Gasteiger partial charge in [0.1, 0.15) is 5.60 Å². The second kappa shape index (κ2) is 7.61. The van der Waals surface area contributed by atoms with Gasteiger partial charge in [-0.2, -0.15) is 0 Å². The van der Waals surface area contributed by atoms with Crippen LogP contribution in [0, 0.1) is 5.41 Å². The highest BCUT2D eigenvalue weighted by Crippen LogP contribution is 2.32. The second-order valence-corrected chi connectivity index (χ2v) is 9.18. The summed E-state index contributed by atoms with van der Waals surface area (Å²) in [6, 6.07) is 0.659. The van der Waals surface area contributed by atoms with Gasteiger partial charge in [0.05, 0.1) is 0 Å². The Balaban J connectivity index is 1.76. The summed E-state index contributed by atoms with van der Waals surface area (Å²) in [7, 11) is 0. The number of carbonyl (C=O) groups is 1. The van der Waals surface area contributed by atoms with Crippen molar-refractivity contribution in [2.75, 3.05) is 45.8 Å². The van der Waals surface area contributed by atoms with Gasteiger partial charge in [-0.15, -0.1) is 0 Å². The Hall–Kier alpha value is -0.810. The fourth-order valence-electron chi connectivity index (χ4n) is 3.69. The van der Waals surface area contributed by atoms with Crippen LogP contribution in [0.1, 0.15) is 54.4 Å². The molecule has 2 rings (SSSR count). The van der Waals surface area contributed by atoms with E-state index in [1.165, 1.54) is 25.9 Å². The zero-order chi connectivity index (χ0) is 18.0. The van der Waals surface area contributed by atoms with Crippen molar-refractivity contribution in [3.8, 4) is 0 Å². The van der Waals surface area contributed by atoms with E-state index in [0.29, 0.717) is 11.5 Å². The molecule has 0 aromatic heterocycles. The van der Waals surface area contributed by atoms with Crippen molar-refractivity contribution in [3.05, 3.63) is 0 Å². The third-order valence-electron chi connectivity index (χ3n) is 5.36. The lowest BCUT2D eigenvalue weighted by Crippen LogP contribution is -2.53. The monoisotopic (exact) mass is 339 g/mol. The van der Waals surface area contributed by atoms with Gasteiger partial charge in [-0.3, -0.25) is 4.90 Å². The molecule has 0 spiro atoms. The molecular weight excluding hydrogens is 302 g/mol. The molecule has 0 atom stereocenters. The molecule has 2 fully saturated rings. The molecule has 140 valence electrons. The molecule has 0 aromatic carbocycles. The van der Waals surface area contributed by atoms with E-state index in [9.17, 15) is 4.79 Å². The van der Waals surface area contributed by atoms with Crippen LogP contribution in [0.25, 0.3) is 0 Å². The Kier molecular flexibility index (Phi) is 6.19. The number of carbonyl (C=O) groups excluding carboxylic acids is 1. The van der Waals surface area contributed by atoms with E-state index in [-0.39, 0.29) is 6.09 Å². The quantitative estimate of drug-likeness (QED) is 0.792. The number of nitrogens with zero attached hydrogens (tertiary/aromatic N) is 3. The van der Waals surface area contributed by atoms with Crippen LogP contribution in [0.2, 0.25) is 0 Å². The summed E-state index contributed by atoms with van der Waals surface area (Å²) < 4.78 is 5.48. The van der Waals surface area contributed by atoms with Crippen molar-refractivity contribution in [1.82, 2.24) is 14.7 Å². The highest BCUT2D eigenvalue weighted by atomic mass is 16.6. The third-order valence-corrected chi connectivity index (χ3v) is 5.36. The highest BCUT2D eigenvalue weighted by Gasteiger charge is 2.34. The van der Waals surface area contributed by atoms with Crippen LogP contribution < -0.4 is 0 Å². The van der Waals surface area contributed by atoms with E-state index in [1.807, 2.05) is 25.7 Å². The fourth-order valence-corrected chi connectivity index (χ4v) is 3.69. The SMILES string of the molecule is CC(C)N1CCC(C)(CN2CCN(C(=O)OC(C)(C)C)CC2)CC1. The van der Waals surface area contributed by atoms with Gasteiger partial charge in [0.25, 0.3) is 0 Å². The molecule has 0 bridgehead atoms. The minimum absolute atomic E-state index is 0.168. The van der Waals surface area contributed by atoms with Gasteiger partial charge in [0.2, 0.25) is 0 Å². The number of piperazine rings is 1. The average molecular weight is 340 g/mol. The fraction of sp³-hybridized carbons (Fsp3) is 0.947. The van der Waals surface area contributed by atoms with Gasteiger partial charge in [-0.25, -0.2) is 4.79 Å². The number of likely N-dealkylation sites (tertiary alicyclic amines) is 1. The molecule has 0 aromatic rings. The largest absolute Gasteiger partial charge is 0.444 e. The smallest absolute Gasteiger partial charge is 0.410 e. The molecule has 2 aliphatic rings. The minimum Gasteiger partial charge on any atom is -0.444 e. The zero-order valence-corrected chi connectivity index (χ0v) is 16.6. The average Bonchev–Trinajstić information content (AvgIpc) is 2.46. The highest BCUT2D eigenvalue weighted by molar-refractivity contribution is 5.68. The van der Waals surface area contributed by atoms with Gasteiger partial charge in [0, 0.05) is 38.8 Å². The Morgan fingerprint density at radius 3 is 2.04 bits per heavy atom. The van der Waals surface area contributed by atoms with Gasteiger partial charge >= 0.3 is 6.09 Å². The summed E-state index contributed by atoms with van der Waals surface area (Å²) in [6.07, 6.45) is 2.38. The molecular formula is C19H37N3O2. The predicted molar refractivity (Wildman–Crippen MR) is 98.3 cm³/mol. The summed E-state index contributed by atoms with van der Waals surface area (Å²) in [5.41, 5.74) is 0.00552. The summed E-state index contributed by atoms with van der Waals surface area (Å²) in [5, 5.41) is 0. The minimum atomic E-state index is -0.411. The first kappa shape index (κ1) is 19.5. The van der Waals surface area contributed by atoms with E-state index in [2.05, 4.69) is 30.6 Å². The van der Waals surface area contributed by atoms with E-state index < -0.39 is 5.60 Å². The summed E-state index contributed by atoms with van der Waals surface area (Å²) in [4.78, 5) is 19.1. The summed E-state index contributed by atoms with van der Waals surface area (Å²) in [5.74, 6) is 0. The lowest BCUT2D eigenvalue weighted by atomic mass is 9.79. The molecule has 0 aliphatic carbocycles. The molecule has 5 heteroatoms. The molecule has 1 amide bonds. The van der Waals surface area contributed by atoms with E-state index in [1.54, 1.807) is 0 Å².